The number of hydrogen-bond donors (Lipinski definition) is 0. The molecule has 33 heavy (non-hydrogen) atoms. The van der Waals surface area contributed by atoms with E-state index in [0.29, 0.717) is 36.2 Å². The Morgan fingerprint density at radius 3 is 2.82 bits per heavy atom. The van der Waals surface area contributed by atoms with Crippen LogP contribution in [0.5, 0.6) is 5.75 Å². The Morgan fingerprint density at radius 1 is 1.18 bits per heavy atom. The summed E-state index contributed by atoms with van der Waals surface area (Å²) < 4.78 is 14.5. The van der Waals surface area contributed by atoms with Gasteiger partial charge in [-0.3, -0.25) is 9.48 Å². The Kier molecular flexibility index (Phi) is 5.95. The summed E-state index contributed by atoms with van der Waals surface area (Å²) >= 11 is 0. The summed E-state index contributed by atoms with van der Waals surface area (Å²) in [5.41, 5.74) is 2.96. The van der Waals surface area contributed by atoms with E-state index in [4.69, 9.17) is 9.47 Å². The van der Waals surface area contributed by atoms with Gasteiger partial charge in [-0.05, 0) is 18.1 Å². The van der Waals surface area contributed by atoms with Crippen molar-refractivity contribution in [2.75, 3.05) is 19.8 Å². The largest absolute Gasteiger partial charge is 0.490 e. The highest BCUT2D eigenvalue weighted by Crippen LogP contribution is 2.20. The molecule has 0 radical (unpaired) electrons. The van der Waals surface area contributed by atoms with Gasteiger partial charge in [0, 0.05) is 43.8 Å². The second-order valence-electron chi connectivity index (χ2n) is 8.10. The van der Waals surface area contributed by atoms with Gasteiger partial charge in [-0.2, -0.15) is 10.2 Å². The average molecular weight is 444 g/mol. The van der Waals surface area contributed by atoms with Crippen LogP contribution >= 0.6 is 0 Å². The normalized spacial score (nSPS) is 15.6. The number of rotatable bonds is 7. The van der Waals surface area contributed by atoms with E-state index >= 15 is 0 Å². The molecule has 0 aliphatic carbocycles. The lowest BCUT2D eigenvalue weighted by Gasteiger charge is -2.10. The molecule has 1 unspecified atom stereocenters. The van der Waals surface area contributed by atoms with Crippen LogP contribution < -0.4 is 10.2 Å². The molecule has 0 amide bonds. The maximum absolute atomic E-state index is 12.4. The third-order valence-corrected chi connectivity index (χ3v) is 5.53. The topological polar surface area (TPSA) is 97.0 Å². The number of hydrogen-bond acceptors (Lipinski definition) is 7. The Labute approximate surface area is 190 Å². The van der Waals surface area contributed by atoms with Crippen LogP contribution in [0.15, 0.2) is 66.1 Å². The van der Waals surface area contributed by atoms with Crippen molar-refractivity contribution in [2.45, 2.75) is 12.8 Å². The Balaban J connectivity index is 1.31. The standard InChI is InChI=1S/C24H24N6O3/c1-29-14-20(11-27-29)30-7-5-23(31)22(28-30)10-17-3-2-4-19(9-17)24-25-12-21(13-26-24)33-16-18-6-8-32-15-18/h2-5,7,9,11-14,18H,6,8,10,15-16H2,1H3. The highest BCUT2D eigenvalue weighted by atomic mass is 16.5. The molecule has 4 heterocycles. The van der Waals surface area contributed by atoms with Gasteiger partial charge in [0.15, 0.2) is 11.6 Å². The monoisotopic (exact) mass is 444 g/mol. The molecule has 3 aromatic heterocycles. The second kappa shape index (κ2) is 9.33. The summed E-state index contributed by atoms with van der Waals surface area (Å²) in [7, 11) is 1.84. The van der Waals surface area contributed by atoms with Crippen LogP contribution in [0.1, 0.15) is 17.7 Å². The highest BCUT2D eigenvalue weighted by molar-refractivity contribution is 5.56. The summed E-state index contributed by atoms with van der Waals surface area (Å²) in [6.07, 6.45) is 10.00. The minimum Gasteiger partial charge on any atom is -0.490 e. The van der Waals surface area contributed by atoms with E-state index in [1.54, 1.807) is 34.2 Å². The molecule has 1 saturated heterocycles. The van der Waals surface area contributed by atoms with Crippen LogP contribution in [0.4, 0.5) is 0 Å². The van der Waals surface area contributed by atoms with Gasteiger partial charge in [-0.1, -0.05) is 18.2 Å². The summed E-state index contributed by atoms with van der Waals surface area (Å²) in [6.45, 7) is 2.16. The Morgan fingerprint density at radius 2 is 2.06 bits per heavy atom. The van der Waals surface area contributed by atoms with Crippen LogP contribution in [-0.4, -0.2) is 49.3 Å². The molecular weight excluding hydrogens is 420 g/mol. The number of nitrogens with zero attached hydrogens (tertiary/aromatic N) is 6. The fourth-order valence-corrected chi connectivity index (χ4v) is 3.72. The predicted octanol–water partition coefficient (Wildman–Crippen LogP) is 2.43. The summed E-state index contributed by atoms with van der Waals surface area (Å²) in [5.74, 6) is 1.67. The van der Waals surface area contributed by atoms with E-state index in [2.05, 4.69) is 20.2 Å². The third kappa shape index (κ3) is 4.98. The molecule has 1 aliphatic rings. The number of aromatic nitrogens is 6. The van der Waals surface area contributed by atoms with Crippen LogP contribution in [-0.2, 0) is 18.2 Å². The van der Waals surface area contributed by atoms with Gasteiger partial charge in [-0.25, -0.2) is 14.6 Å². The van der Waals surface area contributed by atoms with Gasteiger partial charge in [0.1, 0.15) is 11.4 Å². The second-order valence-corrected chi connectivity index (χ2v) is 8.10. The molecule has 0 bridgehead atoms. The molecule has 9 heteroatoms. The Hall–Kier alpha value is -3.85. The van der Waals surface area contributed by atoms with Gasteiger partial charge in [0.2, 0.25) is 5.43 Å². The van der Waals surface area contributed by atoms with Crippen LogP contribution in [0.25, 0.3) is 17.1 Å². The van der Waals surface area contributed by atoms with Gasteiger partial charge >= 0.3 is 0 Å². The zero-order chi connectivity index (χ0) is 22.6. The quantitative estimate of drug-likeness (QED) is 0.432. The average Bonchev–Trinajstić information content (AvgIpc) is 3.52. The van der Waals surface area contributed by atoms with Crippen molar-refractivity contribution >= 4 is 0 Å². The molecule has 0 spiro atoms. The van der Waals surface area contributed by atoms with Crippen molar-refractivity contribution in [2.24, 2.45) is 13.0 Å². The van der Waals surface area contributed by atoms with Crippen molar-refractivity contribution < 1.29 is 9.47 Å². The summed E-state index contributed by atoms with van der Waals surface area (Å²) in [5, 5.41) is 8.67. The Bertz CT molecular complexity index is 1290. The lowest BCUT2D eigenvalue weighted by atomic mass is 10.1. The van der Waals surface area contributed by atoms with Gasteiger partial charge in [0.05, 0.1) is 38.0 Å². The molecular formula is C24H24N6O3. The molecule has 1 aliphatic heterocycles. The molecule has 0 N–H and O–H groups in total. The molecule has 5 rings (SSSR count). The van der Waals surface area contributed by atoms with Crippen LogP contribution in [0, 0.1) is 5.92 Å². The first kappa shape index (κ1) is 21.0. The van der Waals surface area contributed by atoms with Crippen molar-refractivity contribution in [1.82, 2.24) is 29.5 Å². The maximum Gasteiger partial charge on any atom is 0.203 e. The van der Waals surface area contributed by atoms with E-state index < -0.39 is 0 Å². The fourth-order valence-electron chi connectivity index (χ4n) is 3.72. The minimum atomic E-state index is -0.106. The van der Waals surface area contributed by atoms with E-state index in [9.17, 15) is 4.79 Å². The van der Waals surface area contributed by atoms with E-state index in [0.717, 1.165) is 36.4 Å². The fraction of sp³-hybridized carbons (Fsp3) is 0.292. The number of aryl methyl sites for hydroxylation is 1. The third-order valence-electron chi connectivity index (χ3n) is 5.53. The number of benzene rings is 1. The van der Waals surface area contributed by atoms with Crippen molar-refractivity contribution in [3.8, 4) is 22.8 Å². The first-order valence-electron chi connectivity index (χ1n) is 10.8. The zero-order valence-corrected chi connectivity index (χ0v) is 18.3. The molecule has 1 atom stereocenters. The predicted molar refractivity (Wildman–Crippen MR) is 121 cm³/mol. The van der Waals surface area contributed by atoms with E-state index in [-0.39, 0.29) is 5.43 Å². The van der Waals surface area contributed by atoms with Gasteiger partial charge in [0.25, 0.3) is 0 Å². The van der Waals surface area contributed by atoms with E-state index in [1.165, 1.54) is 6.07 Å². The minimum absolute atomic E-state index is 0.106. The zero-order valence-electron chi connectivity index (χ0n) is 18.3. The molecule has 168 valence electrons. The molecule has 0 saturated carbocycles. The molecule has 4 aromatic rings. The smallest absolute Gasteiger partial charge is 0.203 e. The maximum atomic E-state index is 12.4. The van der Waals surface area contributed by atoms with E-state index in [1.807, 2.05) is 37.5 Å². The van der Waals surface area contributed by atoms with Crippen LogP contribution in [0.3, 0.4) is 0 Å². The first-order chi connectivity index (χ1) is 16.1. The van der Waals surface area contributed by atoms with Gasteiger partial charge in [-0.15, -0.1) is 0 Å². The molecule has 9 nitrogen and oxygen atoms in total. The summed E-state index contributed by atoms with van der Waals surface area (Å²) in [6, 6.07) is 9.35. The van der Waals surface area contributed by atoms with Crippen molar-refractivity contribution in [3.05, 3.63) is 82.8 Å². The lowest BCUT2D eigenvalue weighted by molar-refractivity contribution is 0.167. The summed E-state index contributed by atoms with van der Waals surface area (Å²) in [4.78, 5) is 21.3. The SMILES string of the molecule is Cn1cc(-n2ccc(=O)c(Cc3cccc(-c4ncc(OCC5CCOC5)cn4)c3)n2)cn1. The molecule has 1 aromatic carbocycles. The molecule has 1 fully saturated rings. The van der Waals surface area contributed by atoms with Gasteiger partial charge < -0.3 is 9.47 Å². The lowest BCUT2D eigenvalue weighted by Crippen LogP contribution is -2.16. The number of ether oxygens (including phenoxy) is 2. The van der Waals surface area contributed by atoms with Crippen molar-refractivity contribution in [1.29, 1.82) is 0 Å². The first-order valence-corrected chi connectivity index (χ1v) is 10.8. The highest BCUT2D eigenvalue weighted by Gasteiger charge is 2.16. The van der Waals surface area contributed by atoms with Crippen molar-refractivity contribution in [3.63, 3.8) is 0 Å². The van der Waals surface area contributed by atoms with Crippen LogP contribution in [0.2, 0.25) is 0 Å².